The minimum Gasteiger partial charge on any atom is -0.492 e. The quantitative estimate of drug-likeness (QED) is 0.596. The lowest BCUT2D eigenvalue weighted by Gasteiger charge is -2.26. The topological polar surface area (TPSA) is 56.5 Å². The Balaban J connectivity index is 1.74. The van der Waals surface area contributed by atoms with Gasteiger partial charge in [-0.1, -0.05) is 18.2 Å². The molecule has 0 bridgehead atoms. The van der Waals surface area contributed by atoms with Gasteiger partial charge in [0.2, 0.25) is 0 Å². The predicted octanol–water partition coefficient (Wildman–Crippen LogP) is 1.71. The highest BCUT2D eigenvalue weighted by molar-refractivity contribution is 5.20. The third-order valence-electron chi connectivity index (χ3n) is 3.39. The molecule has 0 spiro atoms. The summed E-state index contributed by atoms with van der Waals surface area (Å²) in [5, 5.41) is 0. The Morgan fingerprint density at radius 1 is 1.28 bits per heavy atom. The number of hydrazine groups is 1. The van der Waals surface area contributed by atoms with Crippen LogP contribution in [-0.4, -0.2) is 25.9 Å². The molecule has 1 fully saturated rings. The van der Waals surface area contributed by atoms with Gasteiger partial charge in [-0.15, -0.1) is 0 Å². The molecule has 1 unspecified atom stereocenters. The van der Waals surface area contributed by atoms with Gasteiger partial charge >= 0.3 is 0 Å². The molecule has 1 aromatic carbocycles. The van der Waals surface area contributed by atoms with Crippen molar-refractivity contribution in [2.24, 2.45) is 11.8 Å². The molecule has 4 heteroatoms. The van der Waals surface area contributed by atoms with Crippen LogP contribution in [0.4, 0.5) is 0 Å². The molecule has 1 aliphatic rings. The second-order valence-electron chi connectivity index (χ2n) is 4.78. The second kappa shape index (κ2) is 7.36. The number of rotatable bonds is 6. The molecular formula is C14H22N2O2. The van der Waals surface area contributed by atoms with E-state index in [1.54, 1.807) is 0 Å². The van der Waals surface area contributed by atoms with Crippen LogP contribution < -0.4 is 16.0 Å². The van der Waals surface area contributed by atoms with Crippen molar-refractivity contribution in [3.05, 3.63) is 30.3 Å². The third-order valence-corrected chi connectivity index (χ3v) is 3.39. The van der Waals surface area contributed by atoms with Crippen molar-refractivity contribution >= 4 is 0 Å². The van der Waals surface area contributed by atoms with E-state index in [0.29, 0.717) is 12.5 Å². The Hall–Kier alpha value is -1.10. The van der Waals surface area contributed by atoms with Gasteiger partial charge in [-0.05, 0) is 37.3 Å². The molecule has 1 aromatic rings. The van der Waals surface area contributed by atoms with Gasteiger partial charge in [-0.2, -0.15) is 0 Å². The van der Waals surface area contributed by atoms with Gasteiger partial charge in [-0.3, -0.25) is 11.3 Å². The van der Waals surface area contributed by atoms with Crippen molar-refractivity contribution in [2.75, 3.05) is 19.8 Å². The van der Waals surface area contributed by atoms with Crippen LogP contribution in [0, 0.1) is 5.92 Å². The Morgan fingerprint density at radius 3 is 2.67 bits per heavy atom. The molecular weight excluding hydrogens is 228 g/mol. The van der Waals surface area contributed by atoms with E-state index in [1.165, 1.54) is 0 Å². The highest BCUT2D eigenvalue weighted by atomic mass is 16.5. The average Bonchev–Trinajstić information content (AvgIpc) is 2.45. The van der Waals surface area contributed by atoms with E-state index in [1.807, 2.05) is 30.3 Å². The molecule has 18 heavy (non-hydrogen) atoms. The number of hydrogen-bond donors (Lipinski definition) is 2. The molecule has 4 nitrogen and oxygen atoms in total. The summed E-state index contributed by atoms with van der Waals surface area (Å²) in [6, 6.07) is 10.0. The number of hydrogen-bond acceptors (Lipinski definition) is 4. The zero-order valence-electron chi connectivity index (χ0n) is 10.7. The fraction of sp³-hybridized carbons (Fsp3) is 0.571. The first-order chi connectivity index (χ1) is 8.88. The minimum absolute atomic E-state index is 0.202. The lowest BCUT2D eigenvalue weighted by Crippen LogP contribution is -2.41. The van der Waals surface area contributed by atoms with Crippen molar-refractivity contribution in [3.63, 3.8) is 0 Å². The third kappa shape index (κ3) is 4.29. The standard InChI is InChI=1S/C14H22N2O2/c15-16-13(10-12-6-8-17-9-7-12)11-18-14-4-2-1-3-5-14/h1-5,12-13,16H,6-11,15H2. The van der Waals surface area contributed by atoms with E-state index in [4.69, 9.17) is 15.3 Å². The summed E-state index contributed by atoms with van der Waals surface area (Å²) in [5.41, 5.74) is 2.85. The van der Waals surface area contributed by atoms with E-state index < -0.39 is 0 Å². The number of para-hydroxylation sites is 1. The van der Waals surface area contributed by atoms with Crippen LogP contribution in [0.5, 0.6) is 5.75 Å². The van der Waals surface area contributed by atoms with Crippen LogP contribution in [0.2, 0.25) is 0 Å². The summed E-state index contributed by atoms with van der Waals surface area (Å²) < 4.78 is 11.1. The molecule has 3 N–H and O–H groups in total. The first-order valence-electron chi connectivity index (χ1n) is 6.60. The smallest absolute Gasteiger partial charge is 0.119 e. The Morgan fingerprint density at radius 2 is 2.00 bits per heavy atom. The van der Waals surface area contributed by atoms with E-state index >= 15 is 0 Å². The van der Waals surface area contributed by atoms with E-state index in [9.17, 15) is 0 Å². The van der Waals surface area contributed by atoms with Gasteiger partial charge in [0.25, 0.3) is 0 Å². The fourth-order valence-electron chi connectivity index (χ4n) is 2.28. The van der Waals surface area contributed by atoms with E-state index in [-0.39, 0.29) is 6.04 Å². The molecule has 0 aromatic heterocycles. The predicted molar refractivity (Wildman–Crippen MR) is 71.2 cm³/mol. The number of ether oxygens (including phenoxy) is 2. The summed E-state index contributed by atoms with van der Waals surface area (Å²) in [5.74, 6) is 7.18. The van der Waals surface area contributed by atoms with Crippen LogP contribution in [0.1, 0.15) is 19.3 Å². The SMILES string of the molecule is NNC(COc1ccccc1)CC1CCOCC1. The van der Waals surface area contributed by atoms with Gasteiger partial charge < -0.3 is 9.47 Å². The first kappa shape index (κ1) is 13.3. The molecule has 100 valence electrons. The van der Waals surface area contributed by atoms with E-state index in [2.05, 4.69) is 5.43 Å². The average molecular weight is 250 g/mol. The molecule has 2 rings (SSSR count). The summed E-state index contributed by atoms with van der Waals surface area (Å²) in [7, 11) is 0. The van der Waals surface area contributed by atoms with Gasteiger partial charge in [0.1, 0.15) is 12.4 Å². The first-order valence-corrected chi connectivity index (χ1v) is 6.60. The molecule has 0 radical (unpaired) electrons. The molecule has 0 saturated carbocycles. The van der Waals surface area contributed by atoms with Crippen molar-refractivity contribution in [1.82, 2.24) is 5.43 Å². The largest absolute Gasteiger partial charge is 0.492 e. The van der Waals surface area contributed by atoms with Crippen LogP contribution >= 0.6 is 0 Å². The molecule has 1 heterocycles. The lowest BCUT2D eigenvalue weighted by molar-refractivity contribution is 0.0581. The van der Waals surface area contributed by atoms with Gasteiger partial charge in [0.05, 0.1) is 6.04 Å². The maximum atomic E-state index is 5.73. The highest BCUT2D eigenvalue weighted by Gasteiger charge is 2.19. The number of nitrogens with two attached hydrogens (primary N) is 1. The van der Waals surface area contributed by atoms with Crippen molar-refractivity contribution < 1.29 is 9.47 Å². The second-order valence-corrected chi connectivity index (χ2v) is 4.78. The van der Waals surface area contributed by atoms with Crippen LogP contribution in [0.25, 0.3) is 0 Å². The summed E-state index contributed by atoms with van der Waals surface area (Å²) in [6.45, 7) is 2.36. The zero-order chi connectivity index (χ0) is 12.6. The summed E-state index contributed by atoms with van der Waals surface area (Å²) >= 11 is 0. The molecule has 1 aliphatic heterocycles. The zero-order valence-corrected chi connectivity index (χ0v) is 10.7. The Labute approximate surface area is 108 Å². The normalized spacial score (nSPS) is 18.5. The van der Waals surface area contributed by atoms with Gasteiger partial charge in [0, 0.05) is 13.2 Å². The van der Waals surface area contributed by atoms with E-state index in [0.717, 1.165) is 38.2 Å². The van der Waals surface area contributed by atoms with Gasteiger partial charge in [-0.25, -0.2) is 0 Å². The Bertz CT molecular complexity index is 326. The maximum absolute atomic E-state index is 5.73. The fourth-order valence-corrected chi connectivity index (χ4v) is 2.28. The number of nitrogens with one attached hydrogen (secondary N) is 1. The van der Waals surface area contributed by atoms with Gasteiger partial charge in [0.15, 0.2) is 0 Å². The monoisotopic (exact) mass is 250 g/mol. The minimum atomic E-state index is 0.202. The molecule has 1 saturated heterocycles. The lowest BCUT2D eigenvalue weighted by atomic mass is 9.93. The molecule has 0 aliphatic carbocycles. The van der Waals surface area contributed by atoms with Crippen LogP contribution in [0.3, 0.4) is 0 Å². The van der Waals surface area contributed by atoms with Crippen LogP contribution in [-0.2, 0) is 4.74 Å². The summed E-state index contributed by atoms with van der Waals surface area (Å²) in [6.07, 6.45) is 3.31. The summed E-state index contributed by atoms with van der Waals surface area (Å²) in [4.78, 5) is 0. The molecule has 1 atom stereocenters. The molecule has 0 amide bonds. The van der Waals surface area contributed by atoms with Crippen molar-refractivity contribution in [1.29, 1.82) is 0 Å². The van der Waals surface area contributed by atoms with Crippen molar-refractivity contribution in [2.45, 2.75) is 25.3 Å². The Kier molecular flexibility index (Phi) is 5.45. The number of benzene rings is 1. The van der Waals surface area contributed by atoms with Crippen molar-refractivity contribution in [3.8, 4) is 5.75 Å². The highest BCUT2D eigenvalue weighted by Crippen LogP contribution is 2.20. The maximum Gasteiger partial charge on any atom is 0.119 e. The van der Waals surface area contributed by atoms with Crippen LogP contribution in [0.15, 0.2) is 30.3 Å².